The number of hydrogen-bond donors (Lipinski definition) is 1. The van der Waals surface area contributed by atoms with Crippen LogP contribution in [0.5, 0.6) is 11.5 Å². The molecule has 3 aromatic rings. The molecule has 1 N–H and O–H groups in total. The van der Waals surface area contributed by atoms with Crippen molar-refractivity contribution in [3.63, 3.8) is 0 Å². The summed E-state index contributed by atoms with van der Waals surface area (Å²) >= 11 is 5.66. The molecule has 1 aliphatic rings. The molecular formula is C29H24BrIN2O5. The molecule has 0 radical (unpaired) electrons. The summed E-state index contributed by atoms with van der Waals surface area (Å²) in [5, 5.41) is 2.26. The van der Waals surface area contributed by atoms with Crippen LogP contribution in [0.1, 0.15) is 22.3 Å². The third-order valence-electron chi connectivity index (χ3n) is 5.85. The minimum Gasteiger partial charge on any atom is -0.493 e. The molecule has 0 atom stereocenters. The van der Waals surface area contributed by atoms with Crippen LogP contribution in [0.4, 0.5) is 10.5 Å². The number of imide groups is 2. The number of methoxy groups -OCH3 is 1. The molecule has 4 rings (SSSR count). The first kappa shape index (κ1) is 27.6. The van der Waals surface area contributed by atoms with E-state index in [1.165, 1.54) is 13.2 Å². The van der Waals surface area contributed by atoms with Crippen LogP contribution in [0.3, 0.4) is 0 Å². The Kier molecular flexibility index (Phi) is 8.68. The lowest BCUT2D eigenvalue weighted by molar-refractivity contribution is -0.122. The lowest BCUT2D eigenvalue weighted by Crippen LogP contribution is -2.54. The van der Waals surface area contributed by atoms with Gasteiger partial charge in [-0.3, -0.25) is 14.9 Å². The number of benzene rings is 3. The summed E-state index contributed by atoms with van der Waals surface area (Å²) in [7, 11) is 1.52. The van der Waals surface area contributed by atoms with Crippen LogP contribution in [-0.2, 0) is 22.6 Å². The summed E-state index contributed by atoms with van der Waals surface area (Å²) < 4.78 is 13.7. The molecule has 7 nitrogen and oxygen atoms in total. The van der Waals surface area contributed by atoms with Crippen LogP contribution in [0.2, 0.25) is 0 Å². The topological polar surface area (TPSA) is 84.9 Å². The average Bonchev–Trinajstić information content (AvgIpc) is 2.88. The lowest BCUT2D eigenvalue weighted by Gasteiger charge is -2.27. The van der Waals surface area contributed by atoms with Gasteiger partial charge < -0.3 is 9.47 Å². The van der Waals surface area contributed by atoms with Crippen LogP contribution in [0, 0.1) is 10.5 Å². The van der Waals surface area contributed by atoms with Gasteiger partial charge in [0.2, 0.25) is 0 Å². The van der Waals surface area contributed by atoms with Crippen LogP contribution in [0.25, 0.3) is 6.08 Å². The van der Waals surface area contributed by atoms with Gasteiger partial charge in [0.1, 0.15) is 12.2 Å². The molecule has 0 aromatic heterocycles. The molecule has 1 aliphatic heterocycles. The molecule has 4 amide bonds. The van der Waals surface area contributed by atoms with E-state index in [0.29, 0.717) is 35.8 Å². The standard InChI is InChI=1S/C29H24BrIN2O5/c1-4-5-20-13-19(15-25(37-3)26(20)38-16-18-6-8-21(31)9-7-18)14-23-27(34)32-29(36)33(28(23)35)22-10-11-24(30)17(2)12-22/h4,6-15H,1,5,16H2,2-3H3,(H,32,34,36)/b23-14+. The number of carbonyl (C=O) groups is 3. The summed E-state index contributed by atoms with van der Waals surface area (Å²) in [6, 6.07) is 15.8. The highest BCUT2D eigenvalue weighted by molar-refractivity contribution is 14.1. The number of carbonyl (C=O) groups excluding carboxylic acids is 3. The Labute approximate surface area is 242 Å². The first-order valence-electron chi connectivity index (χ1n) is 11.6. The van der Waals surface area contributed by atoms with Crippen molar-refractivity contribution in [1.82, 2.24) is 5.32 Å². The van der Waals surface area contributed by atoms with E-state index in [1.807, 2.05) is 37.3 Å². The summed E-state index contributed by atoms with van der Waals surface area (Å²) in [4.78, 5) is 39.6. The molecule has 1 fully saturated rings. The number of barbiturate groups is 1. The van der Waals surface area contributed by atoms with Gasteiger partial charge in [0.25, 0.3) is 11.8 Å². The van der Waals surface area contributed by atoms with E-state index in [1.54, 1.807) is 30.3 Å². The molecule has 194 valence electrons. The number of hydrogen-bond acceptors (Lipinski definition) is 5. The molecular weight excluding hydrogens is 663 g/mol. The van der Waals surface area contributed by atoms with Crippen molar-refractivity contribution in [2.45, 2.75) is 20.0 Å². The van der Waals surface area contributed by atoms with Gasteiger partial charge in [-0.15, -0.1) is 6.58 Å². The number of amides is 4. The second-order valence-electron chi connectivity index (χ2n) is 8.51. The van der Waals surface area contributed by atoms with Gasteiger partial charge in [-0.1, -0.05) is 34.1 Å². The number of nitrogens with zero attached hydrogens (tertiary/aromatic N) is 1. The number of ether oxygens (including phenoxy) is 2. The lowest BCUT2D eigenvalue weighted by atomic mass is 10.0. The maximum Gasteiger partial charge on any atom is 0.335 e. The molecule has 1 saturated heterocycles. The van der Waals surface area contributed by atoms with Crippen molar-refractivity contribution >= 4 is 68.1 Å². The van der Waals surface area contributed by atoms with Crippen molar-refractivity contribution < 1.29 is 23.9 Å². The quantitative estimate of drug-likeness (QED) is 0.129. The largest absolute Gasteiger partial charge is 0.493 e. The van der Waals surface area contributed by atoms with Gasteiger partial charge in [-0.2, -0.15) is 0 Å². The zero-order chi connectivity index (χ0) is 27.4. The van der Waals surface area contributed by atoms with Crippen molar-refractivity contribution in [3.05, 3.63) is 103 Å². The molecule has 0 unspecified atom stereocenters. The molecule has 9 heteroatoms. The highest BCUT2D eigenvalue weighted by atomic mass is 127. The first-order chi connectivity index (χ1) is 18.2. The minimum atomic E-state index is -0.803. The molecule has 0 spiro atoms. The summed E-state index contributed by atoms with van der Waals surface area (Å²) in [5.74, 6) is -0.492. The molecule has 0 bridgehead atoms. The number of urea groups is 1. The molecule has 0 saturated carbocycles. The van der Waals surface area contributed by atoms with Crippen LogP contribution in [-0.4, -0.2) is 25.0 Å². The van der Waals surface area contributed by atoms with Gasteiger partial charge in [0, 0.05) is 13.6 Å². The summed E-state index contributed by atoms with van der Waals surface area (Å²) in [6.45, 7) is 6.02. The summed E-state index contributed by atoms with van der Waals surface area (Å²) in [5.41, 5.74) is 3.34. The Balaban J connectivity index is 1.70. The maximum atomic E-state index is 13.4. The van der Waals surface area contributed by atoms with E-state index in [-0.39, 0.29) is 5.57 Å². The van der Waals surface area contributed by atoms with Gasteiger partial charge in [0.15, 0.2) is 11.5 Å². The monoisotopic (exact) mass is 686 g/mol. The van der Waals surface area contributed by atoms with Gasteiger partial charge in [-0.05, 0) is 101 Å². The van der Waals surface area contributed by atoms with Crippen LogP contribution < -0.4 is 19.7 Å². The fourth-order valence-electron chi connectivity index (χ4n) is 3.95. The SMILES string of the molecule is C=CCc1cc(/C=C2\C(=O)NC(=O)N(c3ccc(Br)c(C)c3)C2=O)cc(OC)c1OCc1ccc(I)cc1. The van der Waals surface area contributed by atoms with Gasteiger partial charge in [-0.25, -0.2) is 9.69 Å². The van der Waals surface area contributed by atoms with Crippen molar-refractivity contribution in [2.24, 2.45) is 0 Å². The van der Waals surface area contributed by atoms with Crippen molar-refractivity contribution in [2.75, 3.05) is 12.0 Å². The van der Waals surface area contributed by atoms with E-state index in [2.05, 4.69) is 50.4 Å². The molecule has 3 aromatic carbocycles. The third kappa shape index (κ3) is 5.99. The van der Waals surface area contributed by atoms with Crippen molar-refractivity contribution in [1.29, 1.82) is 0 Å². The van der Waals surface area contributed by atoms with E-state index < -0.39 is 17.8 Å². The Morgan fingerprint density at radius 2 is 1.82 bits per heavy atom. The molecule has 38 heavy (non-hydrogen) atoms. The van der Waals surface area contributed by atoms with E-state index in [4.69, 9.17) is 9.47 Å². The Morgan fingerprint density at radius 3 is 2.47 bits per heavy atom. The zero-order valence-corrected chi connectivity index (χ0v) is 24.5. The number of allylic oxidation sites excluding steroid dienone is 1. The number of halogens is 2. The Morgan fingerprint density at radius 1 is 1.08 bits per heavy atom. The van der Waals surface area contributed by atoms with Crippen molar-refractivity contribution in [3.8, 4) is 11.5 Å². The van der Waals surface area contributed by atoms with E-state index in [9.17, 15) is 14.4 Å². The normalized spacial score (nSPS) is 14.5. The Bertz CT molecular complexity index is 1470. The zero-order valence-electron chi connectivity index (χ0n) is 20.7. The van der Waals surface area contributed by atoms with Crippen LogP contribution in [0.15, 0.2) is 77.3 Å². The second-order valence-corrected chi connectivity index (χ2v) is 10.6. The first-order valence-corrected chi connectivity index (χ1v) is 13.5. The summed E-state index contributed by atoms with van der Waals surface area (Å²) in [6.07, 6.45) is 3.65. The predicted molar refractivity (Wildman–Crippen MR) is 158 cm³/mol. The average molecular weight is 687 g/mol. The maximum absolute atomic E-state index is 13.4. The fraction of sp³-hybridized carbons (Fsp3) is 0.138. The number of aryl methyl sites for hydroxylation is 1. The van der Waals surface area contributed by atoms with Gasteiger partial charge in [0.05, 0.1) is 12.8 Å². The smallest absolute Gasteiger partial charge is 0.335 e. The highest BCUT2D eigenvalue weighted by Gasteiger charge is 2.37. The number of anilines is 1. The highest BCUT2D eigenvalue weighted by Crippen LogP contribution is 2.35. The fourth-order valence-corrected chi connectivity index (χ4v) is 4.56. The third-order valence-corrected chi connectivity index (χ3v) is 7.46. The number of rotatable bonds is 8. The Hall–Kier alpha value is -3.44. The van der Waals surface area contributed by atoms with Crippen LogP contribution >= 0.6 is 38.5 Å². The molecule has 0 aliphatic carbocycles. The minimum absolute atomic E-state index is 0.177. The van der Waals surface area contributed by atoms with E-state index in [0.717, 1.165) is 29.6 Å². The van der Waals surface area contributed by atoms with E-state index >= 15 is 0 Å². The van der Waals surface area contributed by atoms with Gasteiger partial charge >= 0.3 is 6.03 Å². The molecule has 1 heterocycles. The number of nitrogens with one attached hydrogen (secondary N) is 1. The second kappa shape index (κ2) is 12.0. The predicted octanol–water partition coefficient (Wildman–Crippen LogP) is 6.34.